The van der Waals surface area contributed by atoms with E-state index in [0.717, 1.165) is 47.3 Å². The van der Waals surface area contributed by atoms with Gasteiger partial charge in [-0.2, -0.15) is 8.78 Å². The lowest BCUT2D eigenvalue weighted by Crippen LogP contribution is -2.37. The Labute approximate surface area is 181 Å². The van der Waals surface area contributed by atoms with Gasteiger partial charge in [0.2, 0.25) is 0 Å². The Morgan fingerprint density at radius 3 is 2.03 bits per heavy atom. The maximum atomic E-state index is 13.0. The van der Waals surface area contributed by atoms with Gasteiger partial charge in [-0.1, -0.05) is 30.3 Å². The van der Waals surface area contributed by atoms with Gasteiger partial charge in [0.1, 0.15) is 5.75 Å². The van der Waals surface area contributed by atoms with E-state index in [4.69, 9.17) is 14.7 Å². The molecule has 4 rings (SSSR count). The molecule has 0 saturated carbocycles. The number of piperidine rings is 1. The van der Waals surface area contributed by atoms with Crippen LogP contribution in [0.3, 0.4) is 0 Å². The fraction of sp³-hybridized carbons (Fsp3) is 0.360. The Bertz CT molecular complexity index is 973. The van der Waals surface area contributed by atoms with Crippen LogP contribution in [0.4, 0.5) is 8.78 Å². The first kappa shape index (κ1) is 21.4. The number of para-hydroxylation sites is 1. The Hall–Kier alpha value is -2.86. The smallest absolute Gasteiger partial charge is 0.387 e. The summed E-state index contributed by atoms with van der Waals surface area (Å²) >= 11 is 0. The zero-order valence-electron chi connectivity index (χ0n) is 17.8. The van der Waals surface area contributed by atoms with Gasteiger partial charge in [-0.05, 0) is 62.4 Å². The van der Waals surface area contributed by atoms with Gasteiger partial charge < -0.3 is 4.74 Å². The third kappa shape index (κ3) is 4.74. The van der Waals surface area contributed by atoms with Crippen LogP contribution in [0.15, 0.2) is 60.9 Å². The Morgan fingerprint density at radius 1 is 0.903 bits per heavy atom. The van der Waals surface area contributed by atoms with Crippen LogP contribution < -0.4 is 4.74 Å². The van der Waals surface area contributed by atoms with E-state index >= 15 is 0 Å². The van der Waals surface area contributed by atoms with Gasteiger partial charge >= 0.3 is 6.61 Å². The maximum absolute atomic E-state index is 13.0. The number of alkyl halides is 2. The molecule has 0 radical (unpaired) electrons. The first-order chi connectivity index (χ1) is 15.0. The molecule has 2 atom stereocenters. The molecule has 1 aromatic carbocycles. The fourth-order valence-electron chi connectivity index (χ4n) is 4.60. The number of hydrogen-bond donors (Lipinski definition) is 0. The van der Waals surface area contributed by atoms with Gasteiger partial charge in [-0.3, -0.25) is 14.9 Å². The quantitative estimate of drug-likeness (QED) is 0.476. The second kappa shape index (κ2) is 9.52. The number of ether oxygens (including phenoxy) is 1. The van der Waals surface area contributed by atoms with Crippen molar-refractivity contribution in [3.63, 3.8) is 0 Å². The van der Waals surface area contributed by atoms with Crippen molar-refractivity contribution in [3.8, 4) is 5.75 Å². The highest BCUT2D eigenvalue weighted by Gasteiger charge is 2.35. The molecule has 0 N–H and O–H groups in total. The number of benzene rings is 1. The lowest BCUT2D eigenvalue weighted by molar-refractivity contribution is -0.0512. The van der Waals surface area contributed by atoms with E-state index in [-0.39, 0.29) is 17.8 Å². The highest BCUT2D eigenvalue weighted by atomic mass is 19.3. The van der Waals surface area contributed by atoms with Crippen LogP contribution in [0.25, 0.3) is 0 Å². The van der Waals surface area contributed by atoms with E-state index in [1.807, 2.05) is 36.7 Å². The van der Waals surface area contributed by atoms with E-state index in [1.54, 1.807) is 12.1 Å². The van der Waals surface area contributed by atoms with Crippen LogP contribution in [-0.2, 0) is 6.54 Å². The van der Waals surface area contributed by atoms with Crippen molar-refractivity contribution in [3.05, 3.63) is 89.0 Å². The topological polar surface area (TPSA) is 38.2 Å². The summed E-state index contributed by atoms with van der Waals surface area (Å²) in [5, 5.41) is 0. The van der Waals surface area contributed by atoms with Crippen molar-refractivity contribution in [2.75, 3.05) is 0 Å². The number of likely N-dealkylation sites (tertiary alicyclic amines) is 1. The minimum atomic E-state index is -2.86. The molecule has 31 heavy (non-hydrogen) atoms. The molecule has 4 nitrogen and oxygen atoms in total. The summed E-state index contributed by atoms with van der Waals surface area (Å²) in [6.07, 6.45) is 6.61. The lowest BCUT2D eigenvalue weighted by atomic mass is 9.88. The molecule has 2 unspecified atom stereocenters. The predicted octanol–water partition coefficient (Wildman–Crippen LogP) is 6.16. The summed E-state index contributed by atoms with van der Waals surface area (Å²) in [4.78, 5) is 11.8. The summed E-state index contributed by atoms with van der Waals surface area (Å²) in [5.74, 6) is 0.219. The number of rotatable bonds is 6. The van der Waals surface area contributed by atoms with Crippen LogP contribution >= 0.6 is 0 Å². The largest absolute Gasteiger partial charge is 0.434 e. The normalized spacial score (nSPS) is 19.5. The number of aryl methyl sites for hydroxylation is 2. The van der Waals surface area contributed by atoms with Gasteiger partial charge in [-0.15, -0.1) is 0 Å². The van der Waals surface area contributed by atoms with E-state index in [0.29, 0.717) is 6.54 Å². The number of aromatic nitrogens is 2. The minimum absolute atomic E-state index is 0.0703. The first-order valence-electron chi connectivity index (χ1n) is 10.7. The molecule has 1 saturated heterocycles. The molecule has 162 valence electrons. The second-order valence-electron chi connectivity index (χ2n) is 8.03. The fourth-order valence-corrected chi connectivity index (χ4v) is 4.60. The molecule has 1 aliphatic heterocycles. The van der Waals surface area contributed by atoms with E-state index < -0.39 is 6.61 Å². The molecule has 0 bridgehead atoms. The van der Waals surface area contributed by atoms with Crippen molar-refractivity contribution in [2.24, 2.45) is 0 Å². The number of pyridine rings is 2. The minimum Gasteiger partial charge on any atom is -0.434 e. The molecular weight excluding hydrogens is 396 g/mol. The molecule has 2 aromatic heterocycles. The summed E-state index contributed by atoms with van der Waals surface area (Å²) in [6.45, 7) is 1.77. The number of nitrogens with zero attached hydrogens (tertiary/aromatic N) is 3. The SMILES string of the molecule is Cc1cccnc1C1CCCC(c2ncccc2C)N1Cc1ccccc1OC(F)F. The van der Waals surface area contributed by atoms with Crippen molar-refractivity contribution >= 4 is 0 Å². The maximum Gasteiger partial charge on any atom is 0.387 e. The highest BCUT2D eigenvalue weighted by Crippen LogP contribution is 2.43. The average Bonchev–Trinajstić information content (AvgIpc) is 2.76. The lowest BCUT2D eigenvalue weighted by Gasteiger charge is -2.42. The van der Waals surface area contributed by atoms with E-state index in [9.17, 15) is 8.78 Å². The van der Waals surface area contributed by atoms with Crippen LogP contribution in [0, 0.1) is 13.8 Å². The monoisotopic (exact) mass is 423 g/mol. The molecule has 0 aliphatic carbocycles. The van der Waals surface area contributed by atoms with Crippen molar-refractivity contribution in [1.82, 2.24) is 14.9 Å². The van der Waals surface area contributed by atoms with Gasteiger partial charge in [0.05, 0.1) is 23.5 Å². The average molecular weight is 424 g/mol. The highest BCUT2D eigenvalue weighted by molar-refractivity contribution is 5.34. The predicted molar refractivity (Wildman–Crippen MR) is 116 cm³/mol. The standard InChI is InChI=1S/C25H27F2N3O/c1-17-8-6-14-28-23(17)20-11-5-12-21(24-18(2)9-7-15-29-24)30(20)16-19-10-3-4-13-22(19)31-25(26)27/h3-4,6-10,13-15,20-21,25H,5,11-12,16H2,1-2H3. The number of halogens is 2. The Morgan fingerprint density at radius 2 is 1.48 bits per heavy atom. The molecule has 6 heteroatoms. The summed E-state index contributed by atoms with van der Waals surface area (Å²) in [5.41, 5.74) is 5.07. The van der Waals surface area contributed by atoms with Crippen LogP contribution in [0.5, 0.6) is 5.75 Å². The van der Waals surface area contributed by atoms with Crippen molar-refractivity contribution in [2.45, 2.75) is 58.3 Å². The van der Waals surface area contributed by atoms with Gasteiger partial charge in [0, 0.05) is 24.5 Å². The molecule has 0 amide bonds. The van der Waals surface area contributed by atoms with E-state index in [2.05, 4.69) is 30.9 Å². The summed E-state index contributed by atoms with van der Waals surface area (Å²) in [7, 11) is 0. The van der Waals surface area contributed by atoms with Crippen molar-refractivity contribution in [1.29, 1.82) is 0 Å². The number of hydrogen-bond acceptors (Lipinski definition) is 4. The zero-order chi connectivity index (χ0) is 21.8. The first-order valence-corrected chi connectivity index (χ1v) is 10.7. The molecule has 3 aromatic rings. The Balaban J connectivity index is 1.77. The molecular formula is C25H27F2N3O. The molecule has 0 spiro atoms. The third-order valence-electron chi connectivity index (χ3n) is 6.03. The summed E-state index contributed by atoms with van der Waals surface area (Å²) in [6, 6.07) is 15.2. The van der Waals surface area contributed by atoms with Crippen LogP contribution in [-0.4, -0.2) is 21.5 Å². The van der Waals surface area contributed by atoms with Gasteiger partial charge in [0.15, 0.2) is 0 Å². The second-order valence-corrected chi connectivity index (χ2v) is 8.03. The Kier molecular flexibility index (Phi) is 6.56. The van der Waals surface area contributed by atoms with Crippen LogP contribution in [0.1, 0.15) is 59.4 Å². The van der Waals surface area contributed by atoms with Crippen LogP contribution in [0.2, 0.25) is 0 Å². The zero-order valence-corrected chi connectivity index (χ0v) is 17.8. The summed E-state index contributed by atoms with van der Waals surface area (Å²) < 4.78 is 30.8. The van der Waals surface area contributed by atoms with Crippen molar-refractivity contribution < 1.29 is 13.5 Å². The van der Waals surface area contributed by atoms with E-state index in [1.165, 1.54) is 0 Å². The molecule has 1 fully saturated rings. The van der Waals surface area contributed by atoms with Gasteiger partial charge in [0.25, 0.3) is 0 Å². The van der Waals surface area contributed by atoms with Gasteiger partial charge in [-0.25, -0.2) is 0 Å². The third-order valence-corrected chi connectivity index (χ3v) is 6.03. The molecule has 1 aliphatic rings. The molecule has 3 heterocycles.